The van der Waals surface area contributed by atoms with Gasteiger partial charge in [0.2, 0.25) is 0 Å². The normalized spacial score (nSPS) is 25.5. The zero-order valence-electron chi connectivity index (χ0n) is 7.08. The molecule has 4 heteroatoms. The van der Waals surface area contributed by atoms with Gasteiger partial charge in [0, 0.05) is 7.05 Å². The molecule has 1 aliphatic rings. The minimum absolute atomic E-state index is 0.424. The first-order chi connectivity index (χ1) is 5.13. The van der Waals surface area contributed by atoms with Crippen molar-refractivity contribution in [2.45, 2.75) is 19.0 Å². The van der Waals surface area contributed by atoms with Gasteiger partial charge in [0.25, 0.3) is 0 Å². The number of thiocarbonyl (C=S) groups is 1. The predicted molar refractivity (Wildman–Crippen MR) is 50.2 cm³/mol. The van der Waals surface area contributed by atoms with Crippen LogP contribution in [0.1, 0.15) is 12.8 Å². The fourth-order valence-electron chi connectivity index (χ4n) is 1.53. The molecule has 11 heavy (non-hydrogen) atoms. The number of rotatable bonds is 1. The second kappa shape index (κ2) is 3.36. The summed E-state index contributed by atoms with van der Waals surface area (Å²) in [5.41, 5.74) is 5.51. The number of hydrogen-bond donors (Lipinski definition) is 1. The molecule has 1 unspecified atom stereocenters. The first-order valence-electron chi connectivity index (χ1n) is 3.85. The molecule has 0 bridgehead atoms. The molecular weight excluding hydrogens is 158 g/mol. The summed E-state index contributed by atoms with van der Waals surface area (Å²) in [5.74, 6) is 0. The van der Waals surface area contributed by atoms with E-state index in [-0.39, 0.29) is 0 Å². The Morgan fingerprint density at radius 1 is 1.73 bits per heavy atom. The fraction of sp³-hybridized carbons (Fsp3) is 0.857. The van der Waals surface area contributed by atoms with Gasteiger partial charge in [0.1, 0.15) is 0 Å². The van der Waals surface area contributed by atoms with Gasteiger partial charge in [-0.2, -0.15) is 0 Å². The number of likely N-dealkylation sites (tertiary alicyclic amines) is 1. The van der Waals surface area contributed by atoms with Gasteiger partial charge in [-0.1, -0.05) is 0 Å². The Kier molecular flexibility index (Phi) is 2.67. The molecule has 1 heterocycles. The Balaban J connectivity index is 2.52. The molecule has 0 aromatic carbocycles. The van der Waals surface area contributed by atoms with Crippen LogP contribution in [0.5, 0.6) is 0 Å². The third-order valence-corrected chi connectivity index (χ3v) is 2.56. The SMILES string of the molecule is CN1CCCC1N(C)C(N)=S. The lowest BCUT2D eigenvalue weighted by atomic mass is 10.3. The van der Waals surface area contributed by atoms with Crippen molar-refractivity contribution in [3.63, 3.8) is 0 Å². The van der Waals surface area contributed by atoms with Gasteiger partial charge in [0.15, 0.2) is 5.11 Å². The van der Waals surface area contributed by atoms with E-state index in [9.17, 15) is 0 Å². The highest BCUT2D eigenvalue weighted by Crippen LogP contribution is 2.16. The Hall–Kier alpha value is -0.350. The summed E-state index contributed by atoms with van der Waals surface area (Å²) in [6, 6.07) is 0. The molecule has 64 valence electrons. The standard InChI is InChI=1S/C7H15N3S/c1-9-5-3-4-6(9)10(2)7(8)11/h6H,3-5H2,1-2H3,(H2,8,11). The van der Waals surface area contributed by atoms with Crippen LogP contribution in [0, 0.1) is 0 Å². The number of hydrogen-bond acceptors (Lipinski definition) is 2. The van der Waals surface area contributed by atoms with Gasteiger partial charge in [-0.25, -0.2) is 0 Å². The van der Waals surface area contributed by atoms with E-state index in [0.717, 1.165) is 6.54 Å². The zero-order valence-corrected chi connectivity index (χ0v) is 7.90. The number of nitrogens with zero attached hydrogens (tertiary/aromatic N) is 2. The van der Waals surface area contributed by atoms with Crippen molar-refractivity contribution in [3.05, 3.63) is 0 Å². The van der Waals surface area contributed by atoms with Crippen LogP contribution in [-0.2, 0) is 0 Å². The van der Waals surface area contributed by atoms with Gasteiger partial charge in [-0.3, -0.25) is 4.90 Å². The van der Waals surface area contributed by atoms with Crippen LogP contribution in [0.15, 0.2) is 0 Å². The van der Waals surface area contributed by atoms with E-state index in [2.05, 4.69) is 11.9 Å². The van der Waals surface area contributed by atoms with E-state index in [1.807, 2.05) is 11.9 Å². The van der Waals surface area contributed by atoms with Gasteiger partial charge in [-0.05, 0) is 38.7 Å². The molecule has 1 saturated heterocycles. The lowest BCUT2D eigenvalue weighted by Crippen LogP contribution is -2.46. The average molecular weight is 173 g/mol. The van der Waals surface area contributed by atoms with Crippen molar-refractivity contribution >= 4 is 17.3 Å². The summed E-state index contributed by atoms with van der Waals surface area (Å²) in [6.45, 7) is 1.15. The molecule has 0 radical (unpaired) electrons. The van der Waals surface area contributed by atoms with Crippen LogP contribution < -0.4 is 5.73 Å². The molecule has 0 aromatic rings. The quantitative estimate of drug-likeness (QED) is 0.575. The summed E-state index contributed by atoms with van der Waals surface area (Å²) in [5, 5.41) is 0.490. The van der Waals surface area contributed by atoms with Crippen LogP contribution in [0.2, 0.25) is 0 Å². The molecule has 1 rings (SSSR count). The summed E-state index contributed by atoms with van der Waals surface area (Å²) >= 11 is 4.88. The third kappa shape index (κ3) is 1.81. The van der Waals surface area contributed by atoms with E-state index in [1.165, 1.54) is 12.8 Å². The molecule has 0 aromatic heterocycles. The van der Waals surface area contributed by atoms with Crippen LogP contribution in [0.25, 0.3) is 0 Å². The molecule has 0 saturated carbocycles. The van der Waals surface area contributed by atoms with E-state index in [0.29, 0.717) is 11.3 Å². The van der Waals surface area contributed by atoms with Crippen LogP contribution in [0.4, 0.5) is 0 Å². The van der Waals surface area contributed by atoms with Crippen molar-refractivity contribution in [2.75, 3.05) is 20.6 Å². The topological polar surface area (TPSA) is 32.5 Å². The zero-order chi connectivity index (χ0) is 8.43. The highest BCUT2D eigenvalue weighted by molar-refractivity contribution is 7.80. The summed E-state index contributed by atoms with van der Waals surface area (Å²) in [6.07, 6.45) is 2.84. The Labute approximate surface area is 73.1 Å². The maximum absolute atomic E-state index is 5.51. The molecule has 1 aliphatic heterocycles. The van der Waals surface area contributed by atoms with Crippen molar-refractivity contribution in [3.8, 4) is 0 Å². The molecule has 1 fully saturated rings. The molecule has 0 spiro atoms. The molecule has 2 N–H and O–H groups in total. The van der Waals surface area contributed by atoms with Crippen molar-refractivity contribution in [1.29, 1.82) is 0 Å². The lowest BCUT2D eigenvalue weighted by molar-refractivity contribution is 0.186. The second-order valence-corrected chi connectivity index (χ2v) is 3.47. The van der Waals surface area contributed by atoms with E-state index >= 15 is 0 Å². The molecule has 3 nitrogen and oxygen atoms in total. The molecule has 0 aliphatic carbocycles. The van der Waals surface area contributed by atoms with Gasteiger partial charge in [-0.15, -0.1) is 0 Å². The summed E-state index contributed by atoms with van der Waals surface area (Å²) in [7, 11) is 4.06. The van der Waals surface area contributed by atoms with Crippen LogP contribution >= 0.6 is 12.2 Å². The number of nitrogens with two attached hydrogens (primary N) is 1. The maximum atomic E-state index is 5.51. The summed E-state index contributed by atoms with van der Waals surface area (Å²) in [4.78, 5) is 4.24. The monoisotopic (exact) mass is 173 g/mol. The van der Waals surface area contributed by atoms with E-state index in [1.54, 1.807) is 0 Å². The highest BCUT2D eigenvalue weighted by atomic mass is 32.1. The van der Waals surface area contributed by atoms with Crippen LogP contribution in [-0.4, -0.2) is 41.7 Å². The van der Waals surface area contributed by atoms with Gasteiger partial charge < -0.3 is 10.6 Å². The maximum Gasteiger partial charge on any atom is 0.167 e. The van der Waals surface area contributed by atoms with Gasteiger partial charge >= 0.3 is 0 Å². The Bertz CT molecular complexity index is 160. The minimum Gasteiger partial charge on any atom is -0.376 e. The van der Waals surface area contributed by atoms with Gasteiger partial charge in [0.05, 0.1) is 6.17 Å². The predicted octanol–water partition coefficient (Wildman–Crippen LogP) is 0.214. The van der Waals surface area contributed by atoms with Crippen molar-refractivity contribution in [1.82, 2.24) is 9.80 Å². The molecule has 1 atom stereocenters. The van der Waals surface area contributed by atoms with E-state index in [4.69, 9.17) is 18.0 Å². The highest BCUT2D eigenvalue weighted by Gasteiger charge is 2.24. The van der Waals surface area contributed by atoms with E-state index < -0.39 is 0 Å². The third-order valence-electron chi connectivity index (χ3n) is 2.28. The van der Waals surface area contributed by atoms with Crippen molar-refractivity contribution < 1.29 is 0 Å². The first-order valence-corrected chi connectivity index (χ1v) is 4.26. The second-order valence-electron chi connectivity index (χ2n) is 3.05. The fourth-order valence-corrected chi connectivity index (χ4v) is 1.65. The average Bonchev–Trinajstić information content (AvgIpc) is 2.33. The smallest absolute Gasteiger partial charge is 0.167 e. The minimum atomic E-state index is 0.424. The molecular formula is C7H15N3S. The summed E-state index contributed by atoms with van der Waals surface area (Å²) < 4.78 is 0. The largest absolute Gasteiger partial charge is 0.376 e. The van der Waals surface area contributed by atoms with Crippen molar-refractivity contribution in [2.24, 2.45) is 5.73 Å². The Morgan fingerprint density at radius 3 is 2.73 bits per heavy atom. The Morgan fingerprint density at radius 2 is 2.36 bits per heavy atom. The molecule has 0 amide bonds. The lowest BCUT2D eigenvalue weighted by Gasteiger charge is -2.30. The first kappa shape index (κ1) is 8.74. The van der Waals surface area contributed by atoms with Crippen LogP contribution in [0.3, 0.4) is 0 Å².